The fourth-order valence-electron chi connectivity index (χ4n) is 0. The van der Waals surface area contributed by atoms with E-state index >= 15 is 0 Å². The van der Waals surface area contributed by atoms with E-state index in [0.717, 1.165) is 7.11 Å². The Morgan fingerprint density at radius 1 is 1.00 bits per heavy atom. The molecule has 0 saturated heterocycles. The van der Waals surface area contributed by atoms with Crippen molar-refractivity contribution in [3.63, 3.8) is 0 Å². The van der Waals surface area contributed by atoms with Crippen molar-refractivity contribution in [3.8, 4) is 0 Å². The first-order chi connectivity index (χ1) is 1.00. The van der Waals surface area contributed by atoms with Gasteiger partial charge in [-0.15, -0.1) is 0 Å². The van der Waals surface area contributed by atoms with E-state index in [0.29, 0.717) is 0 Å². The maximum absolute atomic E-state index is 7.00. The molecule has 0 bridgehead atoms. The standard InChI is InChI=1S/CH4O.2C/c1-2;;/h2H,1H3;;. The summed E-state index contributed by atoms with van der Waals surface area (Å²) in [6.45, 7) is 0. The fraction of sp³-hybridized carbons (Fsp3) is 0.333. The van der Waals surface area contributed by atoms with E-state index in [2.05, 4.69) is 0 Å². The van der Waals surface area contributed by atoms with Crippen LogP contribution in [0.3, 0.4) is 0 Å². The van der Waals surface area contributed by atoms with Crippen molar-refractivity contribution in [3.05, 3.63) is 14.9 Å². The first-order valence-electron chi connectivity index (χ1n) is 0.447. The Balaban J connectivity index is -0.00000000500. The number of aliphatic hydroxyl groups is 1. The zero-order valence-electron chi connectivity index (χ0n) is 2.45. The lowest BCUT2D eigenvalue weighted by Crippen LogP contribution is -1.25. The van der Waals surface area contributed by atoms with E-state index in [1.165, 1.54) is 0 Å². The van der Waals surface area contributed by atoms with Crippen molar-refractivity contribution in [1.29, 1.82) is 0 Å². The number of hydrogen-bond donors (Lipinski definition) is 1. The Bertz CT molecular complexity index is 3.25. The molecule has 0 aliphatic rings. The maximum atomic E-state index is 7.00. The molecule has 0 fully saturated rings. The van der Waals surface area contributed by atoms with Gasteiger partial charge in [0.25, 0.3) is 0 Å². The maximum Gasteiger partial charge on any atom is 0.0319 e. The zero-order chi connectivity index (χ0) is 2.00. The number of hydrogen-bond acceptors (Lipinski definition) is 1. The van der Waals surface area contributed by atoms with Crippen LogP contribution in [-0.4, -0.2) is 12.2 Å². The molecule has 0 aromatic rings. The summed E-state index contributed by atoms with van der Waals surface area (Å²) in [7, 11) is 1.00. The van der Waals surface area contributed by atoms with Crippen LogP contribution in [0.2, 0.25) is 0 Å². The normalized spacial score (nSPS) is 1.50. The van der Waals surface area contributed by atoms with Gasteiger partial charge in [-0.1, -0.05) is 0 Å². The van der Waals surface area contributed by atoms with E-state index in [4.69, 9.17) is 5.11 Å². The van der Waals surface area contributed by atoms with Crippen LogP contribution in [0.5, 0.6) is 0 Å². The predicted octanol–water partition coefficient (Wildman–Crippen LogP) is -0.229. The van der Waals surface area contributed by atoms with E-state index < -0.39 is 0 Å². The Labute approximate surface area is 28.3 Å². The molecule has 0 aliphatic carbocycles. The average molecular weight is 56.1 g/mol. The highest BCUT2D eigenvalue weighted by molar-refractivity contribution is 3.24. The van der Waals surface area contributed by atoms with Crippen LogP contribution in [-0.2, 0) is 0 Å². The van der Waals surface area contributed by atoms with Gasteiger partial charge in [0.15, 0.2) is 0 Å². The van der Waals surface area contributed by atoms with Crippen LogP contribution < -0.4 is 0 Å². The minimum atomic E-state index is 0. The molecule has 0 atom stereocenters. The lowest BCUT2D eigenvalue weighted by atomic mass is 11.8. The highest BCUT2D eigenvalue weighted by Gasteiger charge is 0.839. The molecule has 8 radical (unpaired) electrons. The third-order valence-corrected chi connectivity index (χ3v) is 0. The first-order valence-corrected chi connectivity index (χ1v) is 0.447. The van der Waals surface area contributed by atoms with Crippen molar-refractivity contribution in [2.75, 3.05) is 7.11 Å². The molecule has 0 unspecified atom stereocenters. The second-order valence-electron chi connectivity index (χ2n) is 0. The molecule has 0 spiro atoms. The van der Waals surface area contributed by atoms with E-state index in [-0.39, 0.29) is 14.9 Å². The number of rotatable bonds is 0. The summed E-state index contributed by atoms with van der Waals surface area (Å²) in [5.74, 6) is 0. The summed E-state index contributed by atoms with van der Waals surface area (Å²) in [5, 5.41) is 7.00. The fourth-order valence-corrected chi connectivity index (χ4v) is 0. The first kappa shape index (κ1) is 37.6. The largest absolute Gasteiger partial charge is 0.400 e. The Morgan fingerprint density at radius 2 is 1.00 bits per heavy atom. The molecule has 1 N–H and O–H groups in total. The van der Waals surface area contributed by atoms with Gasteiger partial charge in [-0.05, 0) is 0 Å². The summed E-state index contributed by atoms with van der Waals surface area (Å²) >= 11 is 0. The predicted molar refractivity (Wildman–Crippen MR) is 14.6 cm³/mol. The van der Waals surface area contributed by atoms with Crippen molar-refractivity contribution in [1.82, 2.24) is 0 Å². The number of aliphatic hydroxyl groups excluding tert-OH is 1. The van der Waals surface area contributed by atoms with Crippen molar-refractivity contribution in [2.24, 2.45) is 0 Å². The summed E-state index contributed by atoms with van der Waals surface area (Å²) in [5.41, 5.74) is 0. The van der Waals surface area contributed by atoms with Crippen LogP contribution in [0, 0.1) is 14.9 Å². The van der Waals surface area contributed by atoms with E-state index in [1.807, 2.05) is 0 Å². The molecular formula is C3H4O. The summed E-state index contributed by atoms with van der Waals surface area (Å²) < 4.78 is 0. The van der Waals surface area contributed by atoms with Crippen LogP contribution in [0.25, 0.3) is 0 Å². The highest BCUT2D eigenvalue weighted by atomic mass is 16.2. The molecule has 0 heterocycles. The lowest BCUT2D eigenvalue weighted by molar-refractivity contribution is 0.399. The molecule has 0 rings (SSSR count). The Hall–Kier alpha value is -0.0400. The molecule has 0 aromatic carbocycles. The van der Waals surface area contributed by atoms with Gasteiger partial charge in [-0.25, -0.2) is 0 Å². The molecule has 0 saturated carbocycles. The monoisotopic (exact) mass is 56.0 g/mol. The second kappa shape index (κ2) is 7110. The molecule has 1 heteroatoms. The molecule has 4 heavy (non-hydrogen) atoms. The minimum Gasteiger partial charge on any atom is -0.400 e. The molecule has 0 amide bonds. The Morgan fingerprint density at radius 3 is 1.00 bits per heavy atom. The van der Waals surface area contributed by atoms with Crippen LogP contribution >= 0.6 is 0 Å². The van der Waals surface area contributed by atoms with Crippen LogP contribution in [0.4, 0.5) is 0 Å². The van der Waals surface area contributed by atoms with Gasteiger partial charge in [-0.3, -0.25) is 0 Å². The smallest absolute Gasteiger partial charge is 0.0319 e. The zero-order valence-corrected chi connectivity index (χ0v) is 2.45. The van der Waals surface area contributed by atoms with Crippen LogP contribution in [0.1, 0.15) is 0 Å². The van der Waals surface area contributed by atoms with Gasteiger partial charge < -0.3 is 5.11 Å². The third kappa shape index (κ3) is 1130. The molecule has 1 nitrogen and oxygen atoms in total. The van der Waals surface area contributed by atoms with Gasteiger partial charge >= 0.3 is 0 Å². The molecule has 0 aromatic heterocycles. The van der Waals surface area contributed by atoms with E-state index in [1.54, 1.807) is 0 Å². The third-order valence-electron chi connectivity index (χ3n) is 0. The van der Waals surface area contributed by atoms with Gasteiger partial charge in [-0.2, -0.15) is 0 Å². The van der Waals surface area contributed by atoms with Gasteiger partial charge in [0.05, 0.1) is 0 Å². The quantitative estimate of drug-likeness (QED) is 0.406. The molecule has 0 aliphatic heterocycles. The van der Waals surface area contributed by atoms with Gasteiger partial charge in [0.2, 0.25) is 0 Å². The highest BCUT2D eigenvalue weighted by Crippen LogP contribution is 0.755. The molecular weight excluding hydrogens is 52.0 g/mol. The SMILES string of the molecule is CO.[C].[C]. The average Bonchev–Trinajstić information content (AvgIpc) is 1.00. The van der Waals surface area contributed by atoms with Gasteiger partial charge in [0, 0.05) is 22.0 Å². The van der Waals surface area contributed by atoms with Crippen LogP contribution in [0.15, 0.2) is 0 Å². The molecule has 22 valence electrons. The van der Waals surface area contributed by atoms with Crippen molar-refractivity contribution >= 4 is 0 Å². The Kier molecular flexibility index (Phi) is 66900. The second-order valence-corrected chi connectivity index (χ2v) is 0. The lowest BCUT2D eigenvalue weighted by Gasteiger charge is -1.21. The summed E-state index contributed by atoms with van der Waals surface area (Å²) in [6, 6.07) is 0. The topological polar surface area (TPSA) is 20.2 Å². The van der Waals surface area contributed by atoms with Gasteiger partial charge in [0.1, 0.15) is 0 Å². The summed E-state index contributed by atoms with van der Waals surface area (Å²) in [4.78, 5) is 0. The van der Waals surface area contributed by atoms with Crippen molar-refractivity contribution < 1.29 is 5.11 Å². The van der Waals surface area contributed by atoms with Crippen molar-refractivity contribution in [2.45, 2.75) is 0 Å². The minimum absolute atomic E-state index is 0. The van der Waals surface area contributed by atoms with E-state index in [9.17, 15) is 0 Å². The summed E-state index contributed by atoms with van der Waals surface area (Å²) in [6.07, 6.45) is 0.